The minimum atomic E-state index is -2.42. The van der Waals surface area contributed by atoms with Gasteiger partial charge in [-0.25, -0.2) is 4.98 Å². The Morgan fingerprint density at radius 1 is 0.694 bits per heavy atom. The molecule has 0 atom stereocenters. The van der Waals surface area contributed by atoms with Gasteiger partial charge in [-0.15, -0.1) is 29.3 Å². The molecule has 0 spiro atoms. The zero-order chi connectivity index (χ0) is 52.8. The second-order valence-electron chi connectivity index (χ2n) is 18.5. The molecule has 318 valence electrons. The number of aromatic nitrogens is 3. The number of benzene rings is 6. The van der Waals surface area contributed by atoms with Crippen LogP contribution in [-0.2, 0) is 31.9 Å². The molecule has 2 aromatic heterocycles. The van der Waals surface area contributed by atoms with E-state index >= 15 is 0 Å². The summed E-state index contributed by atoms with van der Waals surface area (Å²) >= 11 is 0. The molecule has 6 aromatic carbocycles. The SMILES string of the molecule is [2H]c1nc(-c2[c-]c(-c3cccc4c3nc(-c3cc(C(C)C)cc(C(C)C)c3O)n4-c3ccc(C([2H])([2H])[2H])cc3-c3ccc(C(C)(C)C)cc3)cc(C(C)(C)C)c2)c([2H])c(-c2c([2H])c([2H])c([2H])c([2H])c2[2H])c1[2H].[Pt]. The van der Waals surface area contributed by atoms with E-state index in [-0.39, 0.29) is 72.0 Å². The van der Waals surface area contributed by atoms with E-state index in [4.69, 9.17) is 18.7 Å². The average molecular weight is 1010 g/mol. The van der Waals surface area contributed by atoms with Gasteiger partial charge in [0.15, 0.2) is 0 Å². The molecule has 0 aliphatic heterocycles. The molecule has 0 amide bonds. The molecule has 0 unspecified atom stereocenters. The summed E-state index contributed by atoms with van der Waals surface area (Å²) in [6.07, 6.45) is -0.554. The van der Waals surface area contributed by atoms with Gasteiger partial charge in [-0.1, -0.05) is 171 Å². The standard InChI is InChI=1S/C57H58N3O.Pt/c1-35(2)41-32-47(36(3)4)54(61)49(33-41)55-59-53-46(42-29-43(31-45(30-42)57(9,10)11)50-34-40(26-27-58-50)38-16-13-12-14-17-38)18-15-19-52(53)60(55)51-25-20-37(5)28-48(51)39-21-23-44(24-22-39)56(6,7)8;/h12-28,30-36,61H,1-11H3;/q-1;/i5D3,12D,13D,14D,16D,17D,26D,27D,34D;. The molecular formula is C57H58N3OPt-. The van der Waals surface area contributed by atoms with Crippen LogP contribution in [0.4, 0.5) is 0 Å². The maximum Gasteiger partial charge on any atom is 0.148 e. The fourth-order valence-electron chi connectivity index (χ4n) is 7.70. The molecule has 8 aromatic rings. The number of phenols is 1. The number of pyridine rings is 1. The number of hydrogen-bond acceptors (Lipinski definition) is 3. The molecule has 8 rings (SSSR count). The Morgan fingerprint density at radius 2 is 1.40 bits per heavy atom. The summed E-state index contributed by atoms with van der Waals surface area (Å²) in [4.78, 5) is 9.88. The number of nitrogens with zero attached hydrogens (tertiary/aromatic N) is 3. The molecule has 1 N–H and O–H groups in total. The van der Waals surface area contributed by atoms with E-state index in [1.807, 2.05) is 87.7 Å². The van der Waals surface area contributed by atoms with E-state index in [1.54, 1.807) is 24.3 Å². The summed E-state index contributed by atoms with van der Waals surface area (Å²) in [5.41, 5.74) is 7.46. The predicted molar refractivity (Wildman–Crippen MR) is 257 cm³/mol. The van der Waals surface area contributed by atoms with Gasteiger partial charge in [0.2, 0.25) is 0 Å². The van der Waals surface area contributed by atoms with Crippen LogP contribution >= 0.6 is 0 Å². The molecule has 0 saturated heterocycles. The summed E-state index contributed by atoms with van der Waals surface area (Å²) in [6, 6.07) is 26.1. The predicted octanol–water partition coefficient (Wildman–Crippen LogP) is 15.4. The molecular weight excluding hydrogens is 938 g/mol. The molecule has 62 heavy (non-hydrogen) atoms. The van der Waals surface area contributed by atoms with Crippen molar-refractivity contribution in [2.45, 2.75) is 98.8 Å². The number of phenolic OH excluding ortho intramolecular Hbond substituents is 1. The zero-order valence-electron chi connectivity index (χ0n) is 47.8. The second-order valence-corrected chi connectivity index (χ2v) is 18.5. The van der Waals surface area contributed by atoms with Gasteiger partial charge in [0.05, 0.1) is 33.3 Å². The van der Waals surface area contributed by atoms with E-state index in [0.29, 0.717) is 44.8 Å². The smallest absolute Gasteiger partial charge is 0.148 e. The fraction of sp³-hybridized carbons (Fsp3) is 0.263. The number of rotatable bonds is 8. The maximum absolute atomic E-state index is 12.3. The van der Waals surface area contributed by atoms with Gasteiger partial charge in [0.1, 0.15) is 11.6 Å². The fourth-order valence-corrected chi connectivity index (χ4v) is 7.70. The summed E-state index contributed by atoms with van der Waals surface area (Å²) in [6.45, 7) is 18.3. The van der Waals surface area contributed by atoms with Crippen LogP contribution in [0.15, 0.2) is 133 Å². The van der Waals surface area contributed by atoms with Gasteiger partial charge < -0.3 is 5.11 Å². The van der Waals surface area contributed by atoms with Crippen molar-refractivity contribution >= 4 is 11.0 Å². The molecule has 0 radical (unpaired) electrons. The van der Waals surface area contributed by atoms with Crippen LogP contribution in [-0.4, -0.2) is 19.6 Å². The quantitative estimate of drug-likeness (QED) is 0.154. The van der Waals surface area contributed by atoms with Crippen LogP contribution in [0.2, 0.25) is 0 Å². The third-order valence-corrected chi connectivity index (χ3v) is 11.3. The number of imidazole rings is 1. The second kappa shape index (κ2) is 17.3. The molecule has 0 saturated carbocycles. The van der Waals surface area contributed by atoms with Crippen molar-refractivity contribution in [2.75, 3.05) is 0 Å². The van der Waals surface area contributed by atoms with Gasteiger partial charge in [-0.3, -0.25) is 9.55 Å². The summed E-state index contributed by atoms with van der Waals surface area (Å²) in [5.74, 6) is 0.511. The third-order valence-electron chi connectivity index (χ3n) is 11.3. The van der Waals surface area contributed by atoms with E-state index in [9.17, 15) is 6.48 Å². The van der Waals surface area contributed by atoms with Crippen molar-refractivity contribution < 1.29 is 41.3 Å². The van der Waals surface area contributed by atoms with E-state index in [0.717, 1.165) is 27.8 Å². The van der Waals surface area contributed by atoms with E-state index < -0.39 is 60.7 Å². The topological polar surface area (TPSA) is 50.9 Å². The minimum absolute atomic E-state index is 0. The van der Waals surface area contributed by atoms with Crippen molar-refractivity contribution in [2.24, 2.45) is 0 Å². The Morgan fingerprint density at radius 3 is 2.06 bits per heavy atom. The number of aromatic hydroxyl groups is 1. The van der Waals surface area contributed by atoms with Crippen molar-refractivity contribution in [1.29, 1.82) is 0 Å². The van der Waals surface area contributed by atoms with Crippen LogP contribution < -0.4 is 0 Å². The van der Waals surface area contributed by atoms with Gasteiger partial charge in [-0.2, -0.15) is 0 Å². The first-order valence-electron chi connectivity index (χ1n) is 26.3. The van der Waals surface area contributed by atoms with Crippen molar-refractivity contribution in [3.05, 3.63) is 167 Å². The van der Waals surface area contributed by atoms with Crippen molar-refractivity contribution in [3.8, 4) is 67.5 Å². The van der Waals surface area contributed by atoms with Crippen LogP contribution in [0.5, 0.6) is 5.75 Å². The van der Waals surface area contributed by atoms with Crippen LogP contribution in [0, 0.1) is 12.9 Å². The van der Waals surface area contributed by atoms with E-state index in [2.05, 4.69) is 57.8 Å². The molecule has 5 heteroatoms. The van der Waals surface area contributed by atoms with Crippen LogP contribution in [0.3, 0.4) is 0 Å². The third kappa shape index (κ3) is 8.73. The molecule has 0 aliphatic rings. The number of fused-ring (bicyclic) bond motifs is 1. The Kier molecular flexibility index (Phi) is 8.97. The van der Waals surface area contributed by atoms with Crippen LogP contribution in [0.1, 0.15) is 124 Å². The van der Waals surface area contributed by atoms with Crippen molar-refractivity contribution in [3.63, 3.8) is 0 Å². The average Bonchev–Trinajstić information content (AvgIpc) is 3.70. The number of para-hydroxylation sites is 1. The molecule has 4 nitrogen and oxygen atoms in total. The largest absolute Gasteiger partial charge is 0.507 e. The Bertz CT molecular complexity index is 3450. The maximum atomic E-state index is 12.3. The van der Waals surface area contributed by atoms with E-state index in [1.165, 1.54) is 0 Å². The normalized spacial score (nSPS) is 14.7. The summed E-state index contributed by atoms with van der Waals surface area (Å²) in [7, 11) is 0. The van der Waals surface area contributed by atoms with Crippen molar-refractivity contribution in [1.82, 2.24) is 14.5 Å². The molecule has 0 bridgehead atoms. The number of hydrogen-bond donors (Lipinski definition) is 1. The van der Waals surface area contributed by atoms with Gasteiger partial charge in [0, 0.05) is 42.6 Å². The van der Waals surface area contributed by atoms with Gasteiger partial charge >= 0.3 is 0 Å². The Balaban J connectivity index is 0.00000780. The van der Waals surface area contributed by atoms with Crippen LogP contribution in [0.25, 0.3) is 72.7 Å². The molecule has 0 aliphatic carbocycles. The minimum Gasteiger partial charge on any atom is -0.507 e. The monoisotopic (exact) mass is 1010 g/mol. The first kappa shape index (κ1) is 32.2. The van der Waals surface area contributed by atoms with Gasteiger partial charge in [0.25, 0.3) is 0 Å². The zero-order valence-corrected chi connectivity index (χ0v) is 39.1. The summed E-state index contributed by atoms with van der Waals surface area (Å²) in [5, 5.41) is 12.3. The Labute approximate surface area is 398 Å². The number of aryl methyl sites for hydroxylation is 1. The first-order valence-corrected chi connectivity index (χ1v) is 20.8. The summed E-state index contributed by atoms with van der Waals surface area (Å²) < 4.78 is 96.9. The Hall–Kier alpha value is -5.57. The van der Waals surface area contributed by atoms with Gasteiger partial charge in [-0.05, 0) is 93.2 Å². The molecule has 2 heterocycles. The first-order chi connectivity index (χ1) is 33.5. The molecule has 0 fully saturated rings.